The number of hydrogen-bond acceptors (Lipinski definition) is 3. The van der Waals surface area contributed by atoms with E-state index < -0.39 is 0 Å². The minimum Gasteiger partial charge on any atom is -0.378 e. The summed E-state index contributed by atoms with van der Waals surface area (Å²) in [6.07, 6.45) is 7.25. The molecule has 1 aliphatic heterocycles. The molecule has 3 heterocycles. The van der Waals surface area contributed by atoms with Crippen LogP contribution >= 0.6 is 11.6 Å². The lowest BCUT2D eigenvalue weighted by Crippen LogP contribution is -2.29. The van der Waals surface area contributed by atoms with Gasteiger partial charge in [0.15, 0.2) is 5.15 Å². The normalized spacial score (nSPS) is 17.0. The number of pyridine rings is 1. The van der Waals surface area contributed by atoms with E-state index >= 15 is 0 Å². The Morgan fingerprint density at radius 2 is 2.11 bits per heavy atom. The second kappa shape index (κ2) is 7.68. The van der Waals surface area contributed by atoms with Gasteiger partial charge in [-0.15, -0.1) is 0 Å². The molecular weight excluding hydrogens is 372 g/mol. The summed E-state index contributed by atoms with van der Waals surface area (Å²) >= 11 is 6.27. The van der Waals surface area contributed by atoms with Crippen LogP contribution in [-0.2, 0) is 4.79 Å². The number of carbonyl (C=O) groups is 1. The van der Waals surface area contributed by atoms with Crippen LogP contribution in [0, 0.1) is 0 Å². The third-order valence-corrected chi connectivity index (χ3v) is 5.49. The van der Waals surface area contributed by atoms with Gasteiger partial charge in [-0.1, -0.05) is 29.8 Å². The van der Waals surface area contributed by atoms with Crippen molar-refractivity contribution in [3.8, 4) is 0 Å². The molecule has 144 valence electrons. The zero-order valence-electron chi connectivity index (χ0n) is 16.0. The number of rotatable bonds is 4. The van der Waals surface area contributed by atoms with E-state index in [0.717, 1.165) is 36.4 Å². The summed E-state index contributed by atoms with van der Waals surface area (Å²) in [7, 11) is 4.05. The first-order valence-electron chi connectivity index (χ1n) is 9.43. The summed E-state index contributed by atoms with van der Waals surface area (Å²) in [6.45, 7) is 0.765. The molecule has 1 amide bonds. The Kier molecular flexibility index (Phi) is 5.09. The first kappa shape index (κ1) is 18.6. The van der Waals surface area contributed by atoms with E-state index in [9.17, 15) is 4.79 Å². The standard InChI is InChI=1S/C22H23ClN4O/c1-25(2)17-8-5-7-16(15-17)18-9-6-14-27(18)21(28)12-11-19-22(23)24-20-10-3-4-13-26(19)20/h3-5,7-8,10-13,15,18H,6,9,14H2,1-2H3. The predicted octanol–water partition coefficient (Wildman–Crippen LogP) is 4.43. The van der Waals surface area contributed by atoms with Gasteiger partial charge >= 0.3 is 0 Å². The quantitative estimate of drug-likeness (QED) is 0.614. The fourth-order valence-electron chi connectivity index (χ4n) is 3.77. The molecule has 0 N–H and O–H groups in total. The highest BCUT2D eigenvalue weighted by atomic mass is 35.5. The van der Waals surface area contributed by atoms with Gasteiger partial charge in [-0.2, -0.15) is 0 Å². The largest absolute Gasteiger partial charge is 0.378 e. The number of imidazole rings is 1. The fourth-order valence-corrected chi connectivity index (χ4v) is 4.01. The van der Waals surface area contributed by atoms with Crippen LogP contribution in [0.4, 0.5) is 5.69 Å². The molecule has 0 bridgehead atoms. The van der Waals surface area contributed by atoms with Gasteiger partial charge in [0.2, 0.25) is 5.91 Å². The summed E-state index contributed by atoms with van der Waals surface area (Å²) in [4.78, 5) is 21.3. The molecule has 0 spiro atoms. The molecule has 1 saturated heterocycles. The molecule has 0 saturated carbocycles. The highest BCUT2D eigenvalue weighted by molar-refractivity contribution is 6.31. The Bertz CT molecular complexity index is 1040. The first-order valence-corrected chi connectivity index (χ1v) is 9.81. The van der Waals surface area contributed by atoms with E-state index in [4.69, 9.17) is 11.6 Å². The number of fused-ring (bicyclic) bond motifs is 1. The number of amides is 1. The van der Waals surface area contributed by atoms with Crippen molar-refractivity contribution >= 4 is 34.9 Å². The Morgan fingerprint density at radius 1 is 1.25 bits per heavy atom. The molecule has 1 atom stereocenters. The number of nitrogens with zero attached hydrogens (tertiary/aromatic N) is 4. The first-order chi connectivity index (χ1) is 13.5. The molecule has 1 fully saturated rings. The number of anilines is 1. The fraction of sp³-hybridized carbons (Fsp3) is 0.273. The molecule has 1 unspecified atom stereocenters. The maximum atomic E-state index is 12.9. The topological polar surface area (TPSA) is 40.8 Å². The van der Waals surface area contributed by atoms with Crippen LogP contribution < -0.4 is 4.90 Å². The van der Waals surface area contributed by atoms with Crippen LogP contribution in [0.15, 0.2) is 54.7 Å². The van der Waals surface area contributed by atoms with Crippen LogP contribution in [0.2, 0.25) is 5.15 Å². The van der Waals surface area contributed by atoms with Gasteiger partial charge in [0, 0.05) is 38.6 Å². The number of aromatic nitrogens is 2. The summed E-state index contributed by atoms with van der Waals surface area (Å²) in [5.74, 6) is -0.000274. The zero-order valence-corrected chi connectivity index (χ0v) is 16.8. The molecule has 5 nitrogen and oxygen atoms in total. The van der Waals surface area contributed by atoms with E-state index in [-0.39, 0.29) is 11.9 Å². The highest BCUT2D eigenvalue weighted by Gasteiger charge is 2.29. The van der Waals surface area contributed by atoms with Gasteiger partial charge in [0.1, 0.15) is 5.65 Å². The van der Waals surface area contributed by atoms with Crippen LogP contribution in [-0.4, -0.2) is 40.8 Å². The SMILES string of the molecule is CN(C)c1cccc(C2CCCN2C(=O)C=Cc2c(Cl)nc3ccccn23)c1. The Labute approximate surface area is 169 Å². The average Bonchev–Trinajstić information content (AvgIpc) is 3.30. The van der Waals surface area contributed by atoms with E-state index in [2.05, 4.69) is 34.1 Å². The van der Waals surface area contributed by atoms with Gasteiger partial charge in [0.05, 0.1) is 11.7 Å². The number of carbonyl (C=O) groups excluding carboxylic acids is 1. The van der Waals surface area contributed by atoms with Gasteiger partial charge in [0.25, 0.3) is 0 Å². The molecular formula is C22H23ClN4O. The third kappa shape index (κ3) is 3.50. The summed E-state index contributed by atoms with van der Waals surface area (Å²) in [6, 6.07) is 14.2. The molecule has 2 aromatic heterocycles. The second-order valence-corrected chi connectivity index (χ2v) is 7.59. The zero-order chi connectivity index (χ0) is 19.7. The molecule has 3 aromatic rings. The summed E-state index contributed by atoms with van der Waals surface area (Å²) < 4.78 is 1.88. The Balaban J connectivity index is 1.58. The number of likely N-dealkylation sites (tertiary alicyclic amines) is 1. The minimum absolute atomic E-state index is 0.000274. The minimum atomic E-state index is -0.000274. The third-order valence-electron chi connectivity index (χ3n) is 5.21. The van der Waals surface area contributed by atoms with Gasteiger partial charge in [-0.25, -0.2) is 4.98 Å². The van der Waals surface area contributed by atoms with Crippen LogP contribution in [0.25, 0.3) is 11.7 Å². The number of hydrogen-bond donors (Lipinski definition) is 0. The number of halogens is 1. The summed E-state index contributed by atoms with van der Waals surface area (Å²) in [5, 5.41) is 0.395. The van der Waals surface area contributed by atoms with Gasteiger partial charge in [-0.05, 0) is 48.7 Å². The molecule has 6 heteroatoms. The van der Waals surface area contributed by atoms with Crippen molar-refractivity contribution in [2.45, 2.75) is 18.9 Å². The summed E-state index contributed by atoms with van der Waals surface area (Å²) in [5.41, 5.74) is 3.80. The van der Waals surface area contributed by atoms with Crippen LogP contribution in [0.5, 0.6) is 0 Å². The van der Waals surface area contributed by atoms with E-state index in [0.29, 0.717) is 5.15 Å². The maximum absolute atomic E-state index is 12.9. The van der Waals surface area contributed by atoms with Crippen LogP contribution in [0.1, 0.15) is 30.1 Å². The molecule has 0 aliphatic carbocycles. The van der Waals surface area contributed by atoms with Crippen molar-refractivity contribution in [3.05, 3.63) is 71.1 Å². The molecule has 1 aliphatic rings. The Hall–Kier alpha value is -2.79. The maximum Gasteiger partial charge on any atom is 0.247 e. The van der Waals surface area contributed by atoms with E-state index in [1.807, 2.05) is 47.8 Å². The lowest BCUT2D eigenvalue weighted by Gasteiger charge is -2.25. The van der Waals surface area contributed by atoms with E-state index in [1.165, 1.54) is 5.56 Å². The molecule has 28 heavy (non-hydrogen) atoms. The van der Waals surface area contributed by atoms with Crippen molar-refractivity contribution in [1.29, 1.82) is 0 Å². The van der Waals surface area contributed by atoms with Crippen molar-refractivity contribution in [2.24, 2.45) is 0 Å². The van der Waals surface area contributed by atoms with Crippen molar-refractivity contribution in [3.63, 3.8) is 0 Å². The monoisotopic (exact) mass is 394 g/mol. The average molecular weight is 395 g/mol. The molecule has 4 rings (SSSR count). The predicted molar refractivity (Wildman–Crippen MR) is 114 cm³/mol. The van der Waals surface area contributed by atoms with Gasteiger partial charge < -0.3 is 9.80 Å². The van der Waals surface area contributed by atoms with Crippen molar-refractivity contribution in [1.82, 2.24) is 14.3 Å². The van der Waals surface area contributed by atoms with E-state index in [1.54, 1.807) is 12.2 Å². The second-order valence-electron chi connectivity index (χ2n) is 7.23. The molecule has 0 radical (unpaired) electrons. The lowest BCUT2D eigenvalue weighted by atomic mass is 10.0. The van der Waals surface area contributed by atoms with Crippen LogP contribution in [0.3, 0.4) is 0 Å². The van der Waals surface area contributed by atoms with Crippen molar-refractivity contribution in [2.75, 3.05) is 25.5 Å². The number of benzene rings is 1. The lowest BCUT2D eigenvalue weighted by molar-refractivity contribution is -0.126. The smallest absolute Gasteiger partial charge is 0.247 e. The van der Waals surface area contributed by atoms with Crippen molar-refractivity contribution < 1.29 is 4.79 Å². The Morgan fingerprint density at radius 3 is 2.93 bits per heavy atom. The molecule has 1 aromatic carbocycles. The van der Waals surface area contributed by atoms with Gasteiger partial charge in [-0.3, -0.25) is 9.20 Å². The highest BCUT2D eigenvalue weighted by Crippen LogP contribution is 2.33.